The van der Waals surface area contributed by atoms with Gasteiger partial charge in [-0.15, -0.1) is 0 Å². The van der Waals surface area contributed by atoms with Crippen LogP contribution in [0.2, 0.25) is 0 Å². The maximum Gasteiger partial charge on any atom is 0.375 e. The third kappa shape index (κ3) is 3.89. The average molecular weight is 395 g/mol. The number of carbonyl (C=O) groups is 2. The van der Waals surface area contributed by atoms with Crippen LogP contribution in [-0.2, 0) is 9.53 Å². The maximum atomic E-state index is 12.4. The van der Waals surface area contributed by atoms with Gasteiger partial charge in [0, 0.05) is 18.0 Å². The molecule has 1 amide bonds. The molecule has 0 bridgehead atoms. The van der Waals surface area contributed by atoms with E-state index in [0.29, 0.717) is 35.8 Å². The van der Waals surface area contributed by atoms with Crippen molar-refractivity contribution in [2.24, 2.45) is 0 Å². The highest BCUT2D eigenvalue weighted by atomic mass is 16.6. The lowest BCUT2D eigenvalue weighted by atomic mass is 10.1. The van der Waals surface area contributed by atoms with E-state index < -0.39 is 5.97 Å². The quantitative estimate of drug-likeness (QED) is 0.618. The zero-order chi connectivity index (χ0) is 20.4. The van der Waals surface area contributed by atoms with Gasteiger partial charge in [-0.25, -0.2) is 4.79 Å². The van der Waals surface area contributed by atoms with E-state index >= 15 is 0 Å². The molecule has 0 aliphatic carbocycles. The Kier molecular flexibility index (Phi) is 5.12. The summed E-state index contributed by atoms with van der Waals surface area (Å²) >= 11 is 0. The second kappa shape index (κ2) is 7.87. The molecule has 2 aromatic carbocycles. The minimum absolute atomic E-state index is 0.113. The average Bonchev–Trinajstić information content (AvgIpc) is 3.08. The molecule has 0 N–H and O–H groups in total. The second-order valence-electron chi connectivity index (χ2n) is 6.90. The molecular weight excluding hydrogens is 374 g/mol. The van der Waals surface area contributed by atoms with Crippen molar-refractivity contribution in [1.29, 1.82) is 0 Å². The summed E-state index contributed by atoms with van der Waals surface area (Å²) in [6, 6.07) is 14.7. The third-order valence-electron chi connectivity index (χ3n) is 4.83. The number of benzene rings is 2. The molecule has 0 saturated heterocycles. The van der Waals surface area contributed by atoms with Gasteiger partial charge in [-0.1, -0.05) is 30.3 Å². The smallest absolute Gasteiger partial charge is 0.375 e. The minimum atomic E-state index is -0.661. The highest BCUT2D eigenvalue weighted by Crippen LogP contribution is 2.31. The largest absolute Gasteiger partial charge is 0.486 e. The van der Waals surface area contributed by atoms with Gasteiger partial charge >= 0.3 is 5.97 Å². The molecule has 0 radical (unpaired) electrons. The number of fused-ring (bicyclic) bond motifs is 2. The number of ether oxygens (including phenoxy) is 3. The van der Waals surface area contributed by atoms with E-state index in [1.54, 1.807) is 20.0 Å². The van der Waals surface area contributed by atoms with Crippen LogP contribution in [-0.4, -0.2) is 49.7 Å². The van der Waals surface area contributed by atoms with Gasteiger partial charge < -0.3 is 23.5 Å². The predicted molar refractivity (Wildman–Crippen MR) is 105 cm³/mol. The molecule has 0 saturated carbocycles. The summed E-state index contributed by atoms with van der Waals surface area (Å²) < 4.78 is 22.3. The van der Waals surface area contributed by atoms with Crippen molar-refractivity contribution in [3.05, 3.63) is 59.9 Å². The minimum Gasteiger partial charge on any atom is -0.486 e. The van der Waals surface area contributed by atoms with E-state index in [9.17, 15) is 9.59 Å². The molecule has 0 unspecified atom stereocenters. The lowest BCUT2D eigenvalue weighted by Crippen LogP contribution is -2.43. The van der Waals surface area contributed by atoms with Crippen molar-refractivity contribution in [3.63, 3.8) is 0 Å². The Labute approximate surface area is 167 Å². The number of esters is 1. The summed E-state index contributed by atoms with van der Waals surface area (Å²) in [6.45, 7) is 2.06. The fourth-order valence-corrected chi connectivity index (χ4v) is 3.23. The van der Waals surface area contributed by atoms with E-state index in [1.165, 1.54) is 4.90 Å². The van der Waals surface area contributed by atoms with E-state index in [-0.39, 0.29) is 24.4 Å². The van der Waals surface area contributed by atoms with Gasteiger partial charge in [0.05, 0.1) is 6.54 Å². The standard InChI is InChI=1S/C22H21NO6/c1-14-16-7-3-4-8-17(16)29-21(14)22(25)27-13-20(24)23(2)11-15-12-26-18-9-5-6-10-19(18)28-15/h3-10,15H,11-13H2,1-2H3/t15-/m1/s1. The number of nitrogens with zero attached hydrogens (tertiary/aromatic N) is 1. The molecule has 1 atom stereocenters. The third-order valence-corrected chi connectivity index (χ3v) is 4.83. The Bertz CT molecular complexity index is 1060. The fourth-order valence-electron chi connectivity index (χ4n) is 3.23. The van der Waals surface area contributed by atoms with Crippen molar-refractivity contribution in [2.45, 2.75) is 13.0 Å². The monoisotopic (exact) mass is 395 g/mol. The van der Waals surface area contributed by atoms with Crippen LogP contribution in [0.5, 0.6) is 11.5 Å². The Balaban J connectivity index is 1.32. The second-order valence-corrected chi connectivity index (χ2v) is 6.90. The van der Waals surface area contributed by atoms with Crippen LogP contribution in [0.25, 0.3) is 11.0 Å². The summed E-state index contributed by atoms with van der Waals surface area (Å²) in [4.78, 5) is 26.2. The van der Waals surface area contributed by atoms with Crippen LogP contribution in [0, 0.1) is 6.92 Å². The van der Waals surface area contributed by atoms with Gasteiger partial charge in [-0.3, -0.25) is 4.79 Å². The predicted octanol–water partition coefficient (Wildman–Crippen LogP) is 3.20. The number of likely N-dealkylation sites (N-methyl/N-ethyl adjacent to an activating group) is 1. The Morgan fingerprint density at radius 1 is 1.10 bits per heavy atom. The summed E-state index contributed by atoms with van der Waals surface area (Å²) in [6.07, 6.45) is -0.299. The van der Waals surface area contributed by atoms with Gasteiger partial charge in [0.15, 0.2) is 24.2 Å². The van der Waals surface area contributed by atoms with E-state index in [1.807, 2.05) is 42.5 Å². The SMILES string of the molecule is Cc1c(C(=O)OCC(=O)N(C)C[C@@H]2COc3ccccc3O2)oc2ccccc12. The lowest BCUT2D eigenvalue weighted by molar-refractivity contribution is -0.134. The Morgan fingerprint density at radius 3 is 2.62 bits per heavy atom. The topological polar surface area (TPSA) is 78.2 Å². The zero-order valence-corrected chi connectivity index (χ0v) is 16.2. The number of para-hydroxylation sites is 3. The molecular formula is C22H21NO6. The molecule has 29 heavy (non-hydrogen) atoms. The Morgan fingerprint density at radius 2 is 1.83 bits per heavy atom. The van der Waals surface area contributed by atoms with Gasteiger partial charge in [0.25, 0.3) is 5.91 Å². The van der Waals surface area contributed by atoms with Crippen molar-refractivity contribution in [2.75, 3.05) is 26.8 Å². The van der Waals surface area contributed by atoms with Crippen molar-refractivity contribution < 1.29 is 28.2 Å². The first-order valence-electron chi connectivity index (χ1n) is 9.30. The number of aryl methyl sites for hydroxylation is 1. The van der Waals surface area contributed by atoms with Crippen LogP contribution in [0.15, 0.2) is 52.9 Å². The number of hydrogen-bond donors (Lipinski definition) is 0. The van der Waals surface area contributed by atoms with Crippen molar-refractivity contribution >= 4 is 22.8 Å². The van der Waals surface area contributed by atoms with E-state index in [4.69, 9.17) is 18.6 Å². The number of carbonyl (C=O) groups excluding carboxylic acids is 2. The molecule has 7 heteroatoms. The summed E-state index contributed by atoms with van der Waals surface area (Å²) in [7, 11) is 1.63. The van der Waals surface area contributed by atoms with Crippen LogP contribution in [0.1, 0.15) is 16.1 Å². The summed E-state index contributed by atoms with van der Waals surface area (Å²) in [5, 5.41) is 0.845. The normalized spacial score (nSPS) is 15.2. The summed E-state index contributed by atoms with van der Waals surface area (Å²) in [5.41, 5.74) is 1.30. The molecule has 2 heterocycles. The number of hydrogen-bond acceptors (Lipinski definition) is 6. The zero-order valence-electron chi connectivity index (χ0n) is 16.2. The highest BCUT2D eigenvalue weighted by Gasteiger charge is 2.25. The van der Waals surface area contributed by atoms with Gasteiger partial charge in [-0.2, -0.15) is 0 Å². The molecule has 1 aliphatic rings. The number of furan rings is 1. The first-order valence-corrected chi connectivity index (χ1v) is 9.30. The maximum absolute atomic E-state index is 12.4. The molecule has 0 fully saturated rings. The van der Waals surface area contributed by atoms with Crippen molar-refractivity contribution in [3.8, 4) is 11.5 Å². The van der Waals surface area contributed by atoms with Gasteiger partial charge in [0.2, 0.25) is 5.76 Å². The van der Waals surface area contributed by atoms with Crippen molar-refractivity contribution in [1.82, 2.24) is 4.90 Å². The molecule has 1 aliphatic heterocycles. The molecule has 3 aromatic rings. The lowest BCUT2D eigenvalue weighted by Gasteiger charge is -2.29. The van der Waals surface area contributed by atoms with Crippen LogP contribution < -0.4 is 9.47 Å². The Hall–Kier alpha value is -3.48. The number of rotatable bonds is 5. The van der Waals surface area contributed by atoms with Crippen LogP contribution >= 0.6 is 0 Å². The fraction of sp³-hybridized carbons (Fsp3) is 0.273. The number of amides is 1. The first-order chi connectivity index (χ1) is 14.0. The van der Waals surface area contributed by atoms with Gasteiger partial charge in [0.1, 0.15) is 12.2 Å². The van der Waals surface area contributed by atoms with Crippen LogP contribution in [0.3, 0.4) is 0 Å². The van der Waals surface area contributed by atoms with Crippen LogP contribution in [0.4, 0.5) is 0 Å². The molecule has 0 spiro atoms. The molecule has 1 aromatic heterocycles. The molecule has 7 nitrogen and oxygen atoms in total. The van der Waals surface area contributed by atoms with E-state index in [0.717, 1.165) is 5.39 Å². The molecule has 4 rings (SSSR count). The highest BCUT2D eigenvalue weighted by molar-refractivity contribution is 5.96. The van der Waals surface area contributed by atoms with Gasteiger partial charge in [-0.05, 0) is 25.1 Å². The molecule has 150 valence electrons. The first kappa shape index (κ1) is 18.9. The summed E-state index contributed by atoms with van der Waals surface area (Å²) in [5.74, 6) is 0.452. The van der Waals surface area contributed by atoms with E-state index in [2.05, 4.69) is 0 Å².